The summed E-state index contributed by atoms with van der Waals surface area (Å²) >= 11 is 3.77. The van der Waals surface area contributed by atoms with Gasteiger partial charge in [-0.05, 0) is 6.92 Å². The molecule has 0 bridgehead atoms. The maximum Gasteiger partial charge on any atom is 0.0599 e. The van der Waals surface area contributed by atoms with E-state index in [2.05, 4.69) is 12.6 Å². The van der Waals surface area contributed by atoms with Crippen molar-refractivity contribution in [1.29, 1.82) is 0 Å². The van der Waals surface area contributed by atoms with E-state index in [0.29, 0.717) is 5.75 Å². The van der Waals surface area contributed by atoms with Crippen LogP contribution in [0.1, 0.15) is 6.92 Å². The molecule has 1 N–H and O–H groups in total. The van der Waals surface area contributed by atoms with Gasteiger partial charge in [0, 0.05) is 32.0 Å². The molecule has 0 aliphatic rings. The third-order valence-corrected chi connectivity index (χ3v) is 0.793. The summed E-state index contributed by atoms with van der Waals surface area (Å²) in [5.41, 5.74) is 0. The van der Waals surface area contributed by atoms with Gasteiger partial charge in [-0.1, -0.05) is 0 Å². The fraction of sp³-hybridized carbons (Fsp3) is 1.00. The van der Waals surface area contributed by atoms with Crippen molar-refractivity contribution in [3.8, 4) is 0 Å². The SMILES string of the molecule is CC(O)CS.[Bi]. The van der Waals surface area contributed by atoms with Crippen LogP contribution < -0.4 is 0 Å². The van der Waals surface area contributed by atoms with E-state index in [4.69, 9.17) is 5.11 Å². The van der Waals surface area contributed by atoms with Gasteiger partial charge in [-0.2, -0.15) is 12.6 Å². The van der Waals surface area contributed by atoms with E-state index in [-0.39, 0.29) is 32.3 Å². The number of thiol groups is 1. The molecule has 0 heterocycles. The molecule has 0 rings (SSSR count). The first kappa shape index (κ1) is 10.2. The van der Waals surface area contributed by atoms with Crippen LogP contribution in [0, 0.1) is 0 Å². The van der Waals surface area contributed by atoms with Crippen molar-refractivity contribution in [1.82, 2.24) is 0 Å². The molecule has 37 valence electrons. The Morgan fingerprint density at radius 3 is 2.00 bits per heavy atom. The van der Waals surface area contributed by atoms with Crippen molar-refractivity contribution in [2.45, 2.75) is 13.0 Å². The Hall–Kier alpha value is 1.19. The van der Waals surface area contributed by atoms with Crippen molar-refractivity contribution in [3.63, 3.8) is 0 Å². The Morgan fingerprint density at radius 1 is 1.83 bits per heavy atom. The van der Waals surface area contributed by atoms with Crippen molar-refractivity contribution in [2.75, 3.05) is 5.75 Å². The van der Waals surface area contributed by atoms with Gasteiger partial charge in [0.1, 0.15) is 0 Å². The molecule has 0 saturated heterocycles. The molecular weight excluding hydrogens is 293 g/mol. The van der Waals surface area contributed by atoms with Gasteiger partial charge in [0.05, 0.1) is 6.10 Å². The molecule has 0 aromatic carbocycles. The topological polar surface area (TPSA) is 20.2 Å². The van der Waals surface area contributed by atoms with Crippen LogP contribution in [0.5, 0.6) is 0 Å². The number of hydrogen-bond acceptors (Lipinski definition) is 2. The average Bonchev–Trinajstić information content (AvgIpc) is 1.38. The summed E-state index contributed by atoms with van der Waals surface area (Å²) in [6.45, 7) is 1.70. The van der Waals surface area contributed by atoms with Crippen molar-refractivity contribution >= 4 is 38.8 Å². The van der Waals surface area contributed by atoms with Crippen LogP contribution in [0.2, 0.25) is 0 Å². The molecule has 6 heavy (non-hydrogen) atoms. The summed E-state index contributed by atoms with van der Waals surface area (Å²) in [4.78, 5) is 0. The van der Waals surface area contributed by atoms with Crippen LogP contribution in [-0.4, -0.2) is 43.2 Å². The van der Waals surface area contributed by atoms with Crippen LogP contribution in [-0.2, 0) is 0 Å². The van der Waals surface area contributed by atoms with Crippen molar-refractivity contribution in [3.05, 3.63) is 0 Å². The molecule has 1 nitrogen and oxygen atoms in total. The zero-order valence-corrected chi connectivity index (χ0v) is 8.00. The van der Waals surface area contributed by atoms with Gasteiger partial charge in [-0.15, -0.1) is 0 Å². The molecule has 1 unspecified atom stereocenters. The standard InChI is InChI=1S/C3H8OS.Bi/c1-3(4)2-5;/h3-5H,2H2,1H3;. The van der Waals surface area contributed by atoms with Crippen LogP contribution in [0.15, 0.2) is 0 Å². The number of aliphatic hydroxyl groups is 1. The number of aliphatic hydroxyl groups excluding tert-OH is 1. The van der Waals surface area contributed by atoms with Gasteiger partial charge in [0.2, 0.25) is 0 Å². The van der Waals surface area contributed by atoms with E-state index in [1.165, 1.54) is 0 Å². The fourth-order valence-corrected chi connectivity index (χ4v) is 0. The second-order valence-electron chi connectivity index (χ2n) is 1.03. The maximum atomic E-state index is 8.28. The van der Waals surface area contributed by atoms with Crippen LogP contribution >= 0.6 is 12.6 Å². The first-order valence-corrected chi connectivity index (χ1v) is 2.19. The zero-order chi connectivity index (χ0) is 4.28. The molecule has 0 aliphatic heterocycles. The van der Waals surface area contributed by atoms with Crippen molar-refractivity contribution < 1.29 is 5.11 Å². The van der Waals surface area contributed by atoms with Crippen LogP contribution in [0.4, 0.5) is 0 Å². The molecule has 0 aliphatic carbocycles. The molecule has 0 spiro atoms. The summed E-state index contributed by atoms with van der Waals surface area (Å²) in [5.74, 6) is 0.556. The summed E-state index contributed by atoms with van der Waals surface area (Å²) in [5, 5.41) is 8.28. The van der Waals surface area contributed by atoms with E-state index < -0.39 is 0 Å². The van der Waals surface area contributed by atoms with Crippen LogP contribution in [0.25, 0.3) is 0 Å². The second-order valence-corrected chi connectivity index (χ2v) is 1.40. The van der Waals surface area contributed by atoms with Gasteiger partial charge >= 0.3 is 0 Å². The Bertz CT molecular complexity index is 24.8. The van der Waals surface area contributed by atoms with Gasteiger partial charge in [0.25, 0.3) is 0 Å². The molecule has 0 aromatic rings. The van der Waals surface area contributed by atoms with Crippen molar-refractivity contribution in [2.24, 2.45) is 0 Å². The van der Waals surface area contributed by atoms with E-state index in [1.807, 2.05) is 0 Å². The predicted molar refractivity (Wildman–Crippen MR) is 31.3 cm³/mol. The summed E-state index contributed by atoms with van der Waals surface area (Å²) in [6, 6.07) is 0. The second kappa shape index (κ2) is 6.19. The molecular formula is C3H8BiOS. The Labute approximate surface area is 62.7 Å². The summed E-state index contributed by atoms with van der Waals surface area (Å²) in [7, 11) is 0. The largest absolute Gasteiger partial charge is 0.393 e. The fourth-order valence-electron chi connectivity index (χ4n) is 0. The minimum absolute atomic E-state index is 0. The minimum atomic E-state index is -0.252. The minimum Gasteiger partial charge on any atom is -0.393 e. The Balaban J connectivity index is 0. The molecule has 1 atom stereocenters. The maximum absolute atomic E-state index is 8.28. The monoisotopic (exact) mass is 301 g/mol. The third kappa shape index (κ3) is 8.96. The van der Waals surface area contributed by atoms with Gasteiger partial charge < -0.3 is 5.11 Å². The molecule has 0 fully saturated rings. The first-order valence-electron chi connectivity index (χ1n) is 1.56. The molecule has 0 saturated carbocycles. The predicted octanol–water partition coefficient (Wildman–Crippen LogP) is -0.0838. The number of rotatable bonds is 1. The smallest absolute Gasteiger partial charge is 0.0599 e. The quantitative estimate of drug-likeness (QED) is 0.513. The van der Waals surface area contributed by atoms with E-state index in [9.17, 15) is 0 Å². The molecule has 0 amide bonds. The summed E-state index contributed by atoms with van der Waals surface area (Å²) < 4.78 is 0. The van der Waals surface area contributed by atoms with E-state index >= 15 is 0 Å². The average molecular weight is 301 g/mol. The Kier molecular flexibility index (Phi) is 10.6. The molecule has 3 radical (unpaired) electrons. The van der Waals surface area contributed by atoms with Gasteiger partial charge in [0.15, 0.2) is 0 Å². The van der Waals surface area contributed by atoms with E-state index in [0.717, 1.165) is 0 Å². The molecule has 3 heteroatoms. The zero-order valence-electron chi connectivity index (χ0n) is 3.63. The summed E-state index contributed by atoms with van der Waals surface area (Å²) in [6.07, 6.45) is -0.252. The van der Waals surface area contributed by atoms with Crippen LogP contribution in [0.3, 0.4) is 0 Å². The molecule has 0 aromatic heterocycles. The van der Waals surface area contributed by atoms with Gasteiger partial charge in [-0.3, -0.25) is 0 Å². The van der Waals surface area contributed by atoms with Gasteiger partial charge in [-0.25, -0.2) is 0 Å². The van der Waals surface area contributed by atoms with E-state index in [1.54, 1.807) is 6.92 Å². The first-order chi connectivity index (χ1) is 2.27. The third-order valence-electron chi connectivity index (χ3n) is 0.264. The Morgan fingerprint density at radius 2 is 2.00 bits per heavy atom. The number of hydrogen-bond donors (Lipinski definition) is 2. The normalized spacial score (nSPS) is 12.5.